The van der Waals surface area contributed by atoms with Gasteiger partial charge in [0.25, 0.3) is 0 Å². The lowest BCUT2D eigenvalue weighted by atomic mass is 10.2. The van der Waals surface area contributed by atoms with Crippen molar-refractivity contribution in [1.82, 2.24) is 9.78 Å². The van der Waals surface area contributed by atoms with Gasteiger partial charge in [-0.05, 0) is 6.42 Å². The van der Waals surface area contributed by atoms with E-state index in [-0.39, 0.29) is 6.29 Å². The molecule has 0 aliphatic carbocycles. The zero-order chi connectivity index (χ0) is 12.9. The highest BCUT2D eigenvalue weighted by Gasteiger charge is 2.37. The Bertz CT molecular complexity index is 371. The molecule has 0 bridgehead atoms. The van der Waals surface area contributed by atoms with Crippen molar-refractivity contribution in [3.05, 3.63) is 17.5 Å². The summed E-state index contributed by atoms with van der Waals surface area (Å²) < 4.78 is 38.6. The van der Waals surface area contributed by atoms with Gasteiger partial charge >= 0.3 is 6.18 Å². The van der Waals surface area contributed by atoms with Crippen molar-refractivity contribution in [3.8, 4) is 0 Å². The molecule has 3 nitrogen and oxygen atoms in total. The minimum atomic E-state index is -4.56. The summed E-state index contributed by atoms with van der Waals surface area (Å²) in [5.41, 5.74) is -1.49. The van der Waals surface area contributed by atoms with Crippen LogP contribution in [0.5, 0.6) is 0 Å². The number of aromatic nitrogens is 2. The first-order valence-corrected chi connectivity index (χ1v) is 5.59. The largest absolute Gasteiger partial charge is 0.435 e. The Kier molecular flexibility index (Phi) is 4.72. The van der Waals surface area contributed by atoms with Gasteiger partial charge in [0.05, 0.1) is 5.56 Å². The van der Waals surface area contributed by atoms with Gasteiger partial charge in [-0.25, -0.2) is 0 Å². The number of unbranched alkanes of at least 4 members (excludes halogenated alkanes) is 3. The number of aryl methyl sites for hydroxylation is 1. The molecule has 0 aromatic carbocycles. The molecule has 0 amide bonds. The molecule has 1 rings (SSSR count). The fourth-order valence-electron chi connectivity index (χ4n) is 1.56. The summed E-state index contributed by atoms with van der Waals surface area (Å²) in [5.74, 6) is 0. The van der Waals surface area contributed by atoms with Gasteiger partial charge in [0.1, 0.15) is 0 Å². The topological polar surface area (TPSA) is 34.9 Å². The van der Waals surface area contributed by atoms with Gasteiger partial charge in [0, 0.05) is 12.7 Å². The second-order valence-electron chi connectivity index (χ2n) is 3.87. The molecule has 0 fully saturated rings. The lowest BCUT2D eigenvalue weighted by Gasteiger charge is -2.03. The number of hydrogen-bond donors (Lipinski definition) is 0. The third kappa shape index (κ3) is 3.87. The van der Waals surface area contributed by atoms with Gasteiger partial charge in [-0.3, -0.25) is 9.48 Å². The van der Waals surface area contributed by atoms with E-state index in [2.05, 4.69) is 12.0 Å². The van der Waals surface area contributed by atoms with Gasteiger partial charge in [0.15, 0.2) is 12.0 Å². The zero-order valence-electron chi connectivity index (χ0n) is 9.63. The van der Waals surface area contributed by atoms with Crippen LogP contribution in [0.25, 0.3) is 0 Å². The Morgan fingerprint density at radius 1 is 1.35 bits per heavy atom. The number of carbonyl (C=O) groups excluding carboxylic acids is 1. The van der Waals surface area contributed by atoms with Crippen LogP contribution in [0.3, 0.4) is 0 Å². The maximum atomic E-state index is 12.5. The van der Waals surface area contributed by atoms with Crippen LogP contribution >= 0.6 is 0 Å². The molecular weight excluding hydrogens is 233 g/mol. The van der Waals surface area contributed by atoms with E-state index in [1.165, 1.54) is 4.68 Å². The number of rotatable bonds is 6. The van der Waals surface area contributed by atoms with Crippen molar-refractivity contribution in [3.63, 3.8) is 0 Å². The van der Waals surface area contributed by atoms with E-state index in [4.69, 9.17) is 0 Å². The minimum Gasteiger partial charge on any atom is -0.298 e. The normalized spacial score (nSPS) is 11.8. The third-order valence-corrected chi connectivity index (χ3v) is 2.43. The Morgan fingerprint density at radius 2 is 2.06 bits per heavy atom. The number of hydrogen-bond acceptors (Lipinski definition) is 2. The highest BCUT2D eigenvalue weighted by molar-refractivity contribution is 5.76. The van der Waals surface area contributed by atoms with Crippen LogP contribution in [0.4, 0.5) is 13.2 Å². The summed E-state index contributed by atoms with van der Waals surface area (Å²) in [4.78, 5) is 10.5. The molecular formula is C11H15F3N2O. The lowest BCUT2D eigenvalue weighted by Crippen LogP contribution is -2.10. The lowest BCUT2D eigenvalue weighted by molar-refractivity contribution is -0.141. The number of nitrogens with zero attached hydrogens (tertiary/aromatic N) is 2. The summed E-state index contributed by atoms with van der Waals surface area (Å²) in [6.45, 7) is 2.47. The van der Waals surface area contributed by atoms with Crippen molar-refractivity contribution in [1.29, 1.82) is 0 Å². The second kappa shape index (κ2) is 5.84. The average Bonchev–Trinajstić information content (AvgIpc) is 2.67. The van der Waals surface area contributed by atoms with Crippen LogP contribution in [0.15, 0.2) is 6.20 Å². The Morgan fingerprint density at radius 3 is 2.53 bits per heavy atom. The van der Waals surface area contributed by atoms with Crippen molar-refractivity contribution >= 4 is 6.29 Å². The van der Waals surface area contributed by atoms with E-state index in [9.17, 15) is 18.0 Å². The molecule has 0 saturated carbocycles. The molecule has 6 heteroatoms. The van der Waals surface area contributed by atoms with Crippen molar-refractivity contribution in [2.24, 2.45) is 0 Å². The highest BCUT2D eigenvalue weighted by atomic mass is 19.4. The van der Waals surface area contributed by atoms with Crippen LogP contribution in [0.1, 0.15) is 48.7 Å². The van der Waals surface area contributed by atoms with Crippen molar-refractivity contribution < 1.29 is 18.0 Å². The molecule has 0 unspecified atom stereocenters. The third-order valence-electron chi connectivity index (χ3n) is 2.43. The Balaban J connectivity index is 2.69. The van der Waals surface area contributed by atoms with Gasteiger partial charge in [0.2, 0.25) is 0 Å². The number of carbonyl (C=O) groups is 1. The summed E-state index contributed by atoms with van der Waals surface area (Å²) in [7, 11) is 0. The number of aldehydes is 1. The maximum absolute atomic E-state index is 12.5. The molecule has 0 spiro atoms. The standard InChI is InChI=1S/C11H15F3N2O/c1-2-3-4-5-6-16-7-9(8-17)10(15-16)11(12,13)14/h7-8H,2-6H2,1H3. The summed E-state index contributed by atoms with van der Waals surface area (Å²) in [6, 6.07) is 0. The minimum absolute atomic E-state index is 0.193. The van der Waals surface area contributed by atoms with Gasteiger partial charge in [-0.1, -0.05) is 26.2 Å². The highest BCUT2D eigenvalue weighted by Crippen LogP contribution is 2.29. The molecule has 1 aromatic heterocycles. The first kappa shape index (κ1) is 13.7. The van der Waals surface area contributed by atoms with Gasteiger partial charge in [-0.2, -0.15) is 18.3 Å². The monoisotopic (exact) mass is 248 g/mol. The molecule has 0 radical (unpaired) electrons. The van der Waals surface area contributed by atoms with E-state index in [0.717, 1.165) is 31.9 Å². The van der Waals surface area contributed by atoms with E-state index in [0.29, 0.717) is 6.54 Å². The maximum Gasteiger partial charge on any atom is 0.435 e. The first-order chi connectivity index (χ1) is 7.99. The van der Waals surface area contributed by atoms with Crippen molar-refractivity contribution in [2.75, 3.05) is 0 Å². The molecule has 0 N–H and O–H groups in total. The van der Waals surface area contributed by atoms with E-state index in [1.807, 2.05) is 0 Å². The predicted octanol–water partition coefficient (Wildman–Crippen LogP) is 3.29. The van der Waals surface area contributed by atoms with E-state index in [1.54, 1.807) is 0 Å². The molecule has 0 aliphatic heterocycles. The molecule has 1 aromatic rings. The average molecular weight is 248 g/mol. The molecule has 17 heavy (non-hydrogen) atoms. The second-order valence-corrected chi connectivity index (χ2v) is 3.87. The molecule has 0 atom stereocenters. The fraction of sp³-hybridized carbons (Fsp3) is 0.636. The number of alkyl halides is 3. The van der Waals surface area contributed by atoms with Crippen molar-refractivity contribution in [2.45, 2.75) is 45.3 Å². The van der Waals surface area contributed by atoms with Crippen LogP contribution in [0, 0.1) is 0 Å². The van der Waals surface area contributed by atoms with Crippen LogP contribution < -0.4 is 0 Å². The predicted molar refractivity (Wildman–Crippen MR) is 56.8 cm³/mol. The molecule has 0 saturated heterocycles. The first-order valence-electron chi connectivity index (χ1n) is 5.59. The Labute approximate surface area is 97.6 Å². The smallest absolute Gasteiger partial charge is 0.298 e. The van der Waals surface area contributed by atoms with Gasteiger partial charge in [-0.15, -0.1) is 0 Å². The van der Waals surface area contributed by atoms with E-state index >= 15 is 0 Å². The van der Waals surface area contributed by atoms with Gasteiger partial charge < -0.3 is 0 Å². The summed E-state index contributed by atoms with van der Waals surface area (Å²) in [5, 5.41) is 3.41. The molecule has 1 heterocycles. The van der Waals surface area contributed by atoms with Crippen LogP contribution in [-0.2, 0) is 12.7 Å². The van der Waals surface area contributed by atoms with Crippen LogP contribution in [-0.4, -0.2) is 16.1 Å². The number of halogens is 3. The Hall–Kier alpha value is -1.33. The molecule has 0 aliphatic rings. The summed E-state index contributed by atoms with van der Waals surface area (Å²) >= 11 is 0. The zero-order valence-corrected chi connectivity index (χ0v) is 9.63. The van der Waals surface area contributed by atoms with E-state index < -0.39 is 17.4 Å². The fourth-order valence-corrected chi connectivity index (χ4v) is 1.56. The molecule has 96 valence electrons. The SMILES string of the molecule is CCCCCCn1cc(C=O)c(C(F)(F)F)n1. The quantitative estimate of drug-likeness (QED) is 0.572. The summed E-state index contributed by atoms with van der Waals surface area (Å²) in [6.07, 6.45) is 0.616. The van der Waals surface area contributed by atoms with Crippen LogP contribution in [0.2, 0.25) is 0 Å².